The SMILES string of the molecule is N#Cc1nccnc1NCCC1CCCO1. The van der Waals surface area contributed by atoms with E-state index in [4.69, 9.17) is 10.00 Å². The van der Waals surface area contributed by atoms with Crippen LogP contribution in [0.1, 0.15) is 25.0 Å². The van der Waals surface area contributed by atoms with Crippen molar-refractivity contribution in [2.45, 2.75) is 25.4 Å². The van der Waals surface area contributed by atoms with Crippen LogP contribution in [0.2, 0.25) is 0 Å². The fraction of sp³-hybridized carbons (Fsp3) is 0.545. The second-order valence-corrected chi connectivity index (χ2v) is 3.72. The number of aromatic nitrogens is 2. The van der Waals surface area contributed by atoms with Gasteiger partial charge in [0.25, 0.3) is 0 Å². The van der Waals surface area contributed by atoms with Crippen LogP contribution in [0.4, 0.5) is 5.82 Å². The van der Waals surface area contributed by atoms with E-state index < -0.39 is 0 Å². The molecule has 1 saturated heterocycles. The molecule has 0 spiro atoms. The topological polar surface area (TPSA) is 70.8 Å². The second kappa shape index (κ2) is 5.42. The van der Waals surface area contributed by atoms with Gasteiger partial charge in [0.2, 0.25) is 0 Å². The first-order valence-electron chi connectivity index (χ1n) is 5.46. The fourth-order valence-corrected chi connectivity index (χ4v) is 1.77. The Morgan fingerprint density at radius 3 is 3.12 bits per heavy atom. The van der Waals surface area contributed by atoms with Crippen LogP contribution >= 0.6 is 0 Å². The van der Waals surface area contributed by atoms with Crippen molar-refractivity contribution in [1.29, 1.82) is 5.26 Å². The molecule has 0 aliphatic carbocycles. The quantitative estimate of drug-likeness (QED) is 0.825. The van der Waals surface area contributed by atoms with E-state index in [2.05, 4.69) is 15.3 Å². The van der Waals surface area contributed by atoms with E-state index in [0.29, 0.717) is 17.6 Å². The van der Waals surface area contributed by atoms with Crippen molar-refractivity contribution >= 4 is 5.82 Å². The van der Waals surface area contributed by atoms with Crippen LogP contribution in [-0.2, 0) is 4.74 Å². The molecule has 2 rings (SSSR count). The van der Waals surface area contributed by atoms with Gasteiger partial charge >= 0.3 is 0 Å². The monoisotopic (exact) mass is 218 g/mol. The summed E-state index contributed by atoms with van der Waals surface area (Å²) in [5, 5.41) is 11.9. The first kappa shape index (κ1) is 10.8. The Balaban J connectivity index is 1.82. The fourth-order valence-electron chi connectivity index (χ4n) is 1.77. The van der Waals surface area contributed by atoms with Crippen molar-refractivity contribution in [3.05, 3.63) is 18.1 Å². The van der Waals surface area contributed by atoms with Gasteiger partial charge in [-0.05, 0) is 19.3 Å². The predicted molar refractivity (Wildman–Crippen MR) is 58.8 cm³/mol. The Hall–Kier alpha value is -1.67. The molecule has 0 amide bonds. The first-order chi connectivity index (χ1) is 7.90. The lowest BCUT2D eigenvalue weighted by atomic mass is 10.2. The molecule has 0 bridgehead atoms. The lowest BCUT2D eigenvalue weighted by Crippen LogP contribution is -2.13. The van der Waals surface area contributed by atoms with E-state index in [1.165, 1.54) is 6.20 Å². The van der Waals surface area contributed by atoms with E-state index in [0.717, 1.165) is 32.4 Å². The minimum atomic E-state index is 0.342. The molecule has 1 N–H and O–H groups in total. The van der Waals surface area contributed by atoms with Crippen LogP contribution in [0.25, 0.3) is 0 Å². The number of ether oxygens (including phenoxy) is 1. The molecule has 1 aliphatic heterocycles. The standard InChI is InChI=1S/C11H14N4O/c12-8-10-11(15-6-5-13-10)14-4-3-9-2-1-7-16-9/h5-6,9H,1-4,7H2,(H,14,15). The van der Waals surface area contributed by atoms with Crippen LogP contribution in [0, 0.1) is 11.3 Å². The molecule has 84 valence electrons. The van der Waals surface area contributed by atoms with E-state index in [-0.39, 0.29) is 0 Å². The van der Waals surface area contributed by atoms with Crippen LogP contribution in [0.5, 0.6) is 0 Å². The lowest BCUT2D eigenvalue weighted by molar-refractivity contribution is 0.107. The number of nitrogens with zero attached hydrogens (tertiary/aromatic N) is 3. The highest BCUT2D eigenvalue weighted by atomic mass is 16.5. The number of nitriles is 1. The Labute approximate surface area is 94.5 Å². The van der Waals surface area contributed by atoms with E-state index in [1.54, 1.807) is 6.20 Å². The maximum absolute atomic E-state index is 8.81. The Morgan fingerprint density at radius 1 is 1.50 bits per heavy atom. The van der Waals surface area contributed by atoms with Gasteiger partial charge in [-0.2, -0.15) is 5.26 Å². The summed E-state index contributed by atoms with van der Waals surface area (Å²) in [5.41, 5.74) is 0.342. The van der Waals surface area contributed by atoms with Gasteiger partial charge in [-0.3, -0.25) is 0 Å². The molecular formula is C11H14N4O. The van der Waals surface area contributed by atoms with Crippen LogP contribution in [-0.4, -0.2) is 29.2 Å². The van der Waals surface area contributed by atoms with E-state index >= 15 is 0 Å². The van der Waals surface area contributed by atoms with Crippen LogP contribution in [0.3, 0.4) is 0 Å². The summed E-state index contributed by atoms with van der Waals surface area (Å²) in [6.45, 7) is 1.64. The molecule has 1 aliphatic rings. The van der Waals surface area contributed by atoms with Crippen LogP contribution < -0.4 is 5.32 Å². The van der Waals surface area contributed by atoms with Crippen molar-refractivity contribution in [2.24, 2.45) is 0 Å². The van der Waals surface area contributed by atoms with E-state index in [1.807, 2.05) is 6.07 Å². The van der Waals surface area contributed by atoms with Crippen molar-refractivity contribution in [3.8, 4) is 6.07 Å². The van der Waals surface area contributed by atoms with Crippen molar-refractivity contribution in [2.75, 3.05) is 18.5 Å². The first-order valence-corrected chi connectivity index (χ1v) is 5.46. The summed E-state index contributed by atoms with van der Waals surface area (Å²) in [4.78, 5) is 8.01. The Morgan fingerprint density at radius 2 is 2.38 bits per heavy atom. The molecular weight excluding hydrogens is 204 g/mol. The van der Waals surface area contributed by atoms with Gasteiger partial charge in [-0.15, -0.1) is 0 Å². The summed E-state index contributed by atoms with van der Waals surface area (Å²) in [7, 11) is 0. The summed E-state index contributed by atoms with van der Waals surface area (Å²) >= 11 is 0. The van der Waals surface area contributed by atoms with Crippen LogP contribution in [0.15, 0.2) is 12.4 Å². The molecule has 1 atom stereocenters. The highest BCUT2D eigenvalue weighted by Gasteiger charge is 2.14. The number of rotatable bonds is 4. The number of hydrogen-bond donors (Lipinski definition) is 1. The molecule has 0 aromatic carbocycles. The molecule has 5 nitrogen and oxygen atoms in total. The third-order valence-electron chi connectivity index (χ3n) is 2.59. The summed E-state index contributed by atoms with van der Waals surface area (Å²) in [6.07, 6.45) is 6.68. The zero-order valence-corrected chi connectivity index (χ0v) is 9.02. The Bertz CT molecular complexity index is 382. The van der Waals surface area contributed by atoms with Gasteiger partial charge in [0, 0.05) is 25.5 Å². The summed E-state index contributed by atoms with van der Waals surface area (Å²) in [6, 6.07) is 2.01. The molecule has 0 saturated carbocycles. The predicted octanol–water partition coefficient (Wildman–Crippen LogP) is 1.33. The molecule has 1 unspecified atom stereocenters. The zero-order valence-electron chi connectivity index (χ0n) is 9.02. The lowest BCUT2D eigenvalue weighted by Gasteiger charge is -2.10. The van der Waals surface area contributed by atoms with Gasteiger partial charge in [0.1, 0.15) is 6.07 Å². The molecule has 16 heavy (non-hydrogen) atoms. The highest BCUT2D eigenvalue weighted by molar-refractivity contribution is 5.46. The van der Waals surface area contributed by atoms with Crippen molar-refractivity contribution in [1.82, 2.24) is 9.97 Å². The maximum atomic E-state index is 8.81. The number of nitrogens with one attached hydrogen (secondary N) is 1. The smallest absolute Gasteiger partial charge is 0.182 e. The number of anilines is 1. The minimum Gasteiger partial charge on any atom is -0.378 e. The van der Waals surface area contributed by atoms with Gasteiger partial charge in [0.05, 0.1) is 6.10 Å². The average molecular weight is 218 g/mol. The van der Waals surface area contributed by atoms with E-state index in [9.17, 15) is 0 Å². The van der Waals surface area contributed by atoms with Gasteiger partial charge in [-0.25, -0.2) is 9.97 Å². The zero-order chi connectivity index (χ0) is 11.2. The molecule has 5 heteroatoms. The Kier molecular flexibility index (Phi) is 3.67. The van der Waals surface area contributed by atoms with Gasteiger partial charge < -0.3 is 10.1 Å². The highest BCUT2D eigenvalue weighted by Crippen LogP contribution is 2.15. The maximum Gasteiger partial charge on any atom is 0.182 e. The number of hydrogen-bond acceptors (Lipinski definition) is 5. The molecule has 0 radical (unpaired) electrons. The molecule has 1 aromatic heterocycles. The molecule has 2 heterocycles. The van der Waals surface area contributed by atoms with Crippen molar-refractivity contribution in [3.63, 3.8) is 0 Å². The van der Waals surface area contributed by atoms with Crippen molar-refractivity contribution < 1.29 is 4.74 Å². The second-order valence-electron chi connectivity index (χ2n) is 3.72. The molecule has 1 fully saturated rings. The normalized spacial score (nSPS) is 19.3. The summed E-state index contributed by atoms with van der Waals surface area (Å²) in [5.74, 6) is 0.558. The largest absolute Gasteiger partial charge is 0.378 e. The third-order valence-corrected chi connectivity index (χ3v) is 2.59. The van der Waals surface area contributed by atoms with Gasteiger partial charge in [0.15, 0.2) is 11.5 Å². The summed E-state index contributed by atoms with van der Waals surface area (Å²) < 4.78 is 5.51. The van der Waals surface area contributed by atoms with Gasteiger partial charge in [-0.1, -0.05) is 0 Å². The third kappa shape index (κ3) is 2.67. The minimum absolute atomic E-state index is 0.342. The average Bonchev–Trinajstić information content (AvgIpc) is 2.83. The molecule has 1 aromatic rings.